The first kappa shape index (κ1) is 12.8. The second kappa shape index (κ2) is 6.33. The van der Waals surface area contributed by atoms with Crippen molar-refractivity contribution in [1.29, 1.82) is 0 Å². The van der Waals surface area contributed by atoms with Gasteiger partial charge in [-0.05, 0) is 12.5 Å². The van der Waals surface area contributed by atoms with Gasteiger partial charge < -0.3 is 10.4 Å². The van der Waals surface area contributed by atoms with Crippen LogP contribution >= 0.6 is 0 Å². The number of aliphatic hydroxyl groups excluding tert-OH is 1. The maximum absolute atomic E-state index is 9.43. The molecule has 96 valence electrons. The van der Waals surface area contributed by atoms with Gasteiger partial charge >= 0.3 is 0 Å². The van der Waals surface area contributed by atoms with E-state index in [0.29, 0.717) is 6.54 Å². The van der Waals surface area contributed by atoms with Gasteiger partial charge in [-0.25, -0.2) is 0 Å². The van der Waals surface area contributed by atoms with Crippen molar-refractivity contribution in [2.24, 2.45) is 0 Å². The third-order valence-corrected chi connectivity index (χ3v) is 2.95. The van der Waals surface area contributed by atoms with Gasteiger partial charge in [0, 0.05) is 24.8 Å². The highest BCUT2D eigenvalue weighted by Gasteiger charge is 2.09. The highest BCUT2D eigenvalue weighted by Crippen LogP contribution is 2.12. The smallest absolute Gasteiger partial charge is 0.0626 e. The second-order valence-corrected chi connectivity index (χ2v) is 4.23. The van der Waals surface area contributed by atoms with Gasteiger partial charge in [0.1, 0.15) is 0 Å². The number of hydrogen-bond donors (Lipinski definition) is 2. The highest BCUT2D eigenvalue weighted by atomic mass is 16.3. The molecule has 0 radical (unpaired) electrons. The van der Waals surface area contributed by atoms with E-state index in [0.717, 1.165) is 17.7 Å². The lowest BCUT2D eigenvalue weighted by Gasteiger charge is -2.15. The SMILES string of the molecule is CCn1cc(CNC(CO)c2ccccc2)cn1. The number of nitrogens with zero attached hydrogens (tertiary/aromatic N) is 2. The van der Waals surface area contributed by atoms with Crippen molar-refractivity contribution in [2.45, 2.75) is 26.1 Å². The zero-order valence-corrected chi connectivity index (χ0v) is 10.6. The van der Waals surface area contributed by atoms with Crippen molar-refractivity contribution in [3.8, 4) is 0 Å². The predicted octanol–water partition coefficient (Wildman–Crippen LogP) is 1.73. The molecule has 1 atom stereocenters. The first-order valence-corrected chi connectivity index (χ1v) is 6.24. The number of aliphatic hydroxyl groups is 1. The summed E-state index contributed by atoms with van der Waals surface area (Å²) in [6.45, 7) is 3.73. The van der Waals surface area contributed by atoms with Gasteiger partial charge in [-0.1, -0.05) is 30.3 Å². The molecule has 4 heteroatoms. The lowest BCUT2D eigenvalue weighted by atomic mass is 10.1. The van der Waals surface area contributed by atoms with Gasteiger partial charge in [0.25, 0.3) is 0 Å². The minimum absolute atomic E-state index is 0.0313. The van der Waals surface area contributed by atoms with Crippen molar-refractivity contribution in [3.63, 3.8) is 0 Å². The van der Waals surface area contributed by atoms with Crippen LogP contribution in [-0.2, 0) is 13.1 Å². The summed E-state index contributed by atoms with van der Waals surface area (Å²) in [6.07, 6.45) is 3.88. The van der Waals surface area contributed by atoms with Crippen molar-refractivity contribution in [3.05, 3.63) is 53.9 Å². The van der Waals surface area contributed by atoms with Crippen LogP contribution in [0.3, 0.4) is 0 Å². The number of benzene rings is 1. The van der Waals surface area contributed by atoms with Gasteiger partial charge in [0.15, 0.2) is 0 Å². The van der Waals surface area contributed by atoms with E-state index in [1.54, 1.807) is 0 Å². The van der Waals surface area contributed by atoms with Crippen LogP contribution in [0, 0.1) is 0 Å². The topological polar surface area (TPSA) is 50.1 Å². The molecule has 1 aromatic heterocycles. The summed E-state index contributed by atoms with van der Waals surface area (Å²) in [7, 11) is 0. The van der Waals surface area contributed by atoms with Crippen LogP contribution in [0.2, 0.25) is 0 Å². The van der Waals surface area contributed by atoms with Crippen molar-refractivity contribution >= 4 is 0 Å². The van der Waals surface area contributed by atoms with Crippen LogP contribution in [0.25, 0.3) is 0 Å². The fourth-order valence-electron chi connectivity index (χ4n) is 1.88. The standard InChI is InChI=1S/C14H19N3O/c1-2-17-10-12(9-16-17)8-15-14(11-18)13-6-4-3-5-7-13/h3-7,9-10,14-15,18H,2,8,11H2,1H3. The van der Waals surface area contributed by atoms with Crippen LogP contribution in [0.5, 0.6) is 0 Å². The molecule has 2 N–H and O–H groups in total. The van der Waals surface area contributed by atoms with Crippen molar-refractivity contribution in [2.75, 3.05) is 6.61 Å². The van der Waals surface area contributed by atoms with Crippen LogP contribution < -0.4 is 5.32 Å². The molecule has 1 heterocycles. The van der Waals surface area contributed by atoms with E-state index in [-0.39, 0.29) is 12.6 Å². The zero-order chi connectivity index (χ0) is 12.8. The molecule has 0 spiro atoms. The van der Waals surface area contributed by atoms with Crippen LogP contribution in [0.4, 0.5) is 0 Å². The van der Waals surface area contributed by atoms with E-state index >= 15 is 0 Å². The number of rotatable bonds is 6. The Labute approximate surface area is 107 Å². The monoisotopic (exact) mass is 245 g/mol. The summed E-state index contributed by atoms with van der Waals surface area (Å²) in [5.74, 6) is 0. The highest BCUT2D eigenvalue weighted by molar-refractivity contribution is 5.19. The Morgan fingerprint density at radius 3 is 2.72 bits per heavy atom. The summed E-state index contributed by atoms with van der Waals surface area (Å²) in [5.41, 5.74) is 2.23. The minimum atomic E-state index is -0.0313. The Hall–Kier alpha value is -1.65. The Balaban J connectivity index is 1.95. The predicted molar refractivity (Wildman–Crippen MR) is 71.0 cm³/mol. The van der Waals surface area contributed by atoms with Gasteiger partial charge in [-0.15, -0.1) is 0 Å². The van der Waals surface area contributed by atoms with Gasteiger partial charge in [0.05, 0.1) is 18.8 Å². The third-order valence-electron chi connectivity index (χ3n) is 2.95. The molecular weight excluding hydrogens is 226 g/mol. The summed E-state index contributed by atoms with van der Waals surface area (Å²) in [5, 5.41) is 17.0. The Kier molecular flexibility index (Phi) is 4.50. The average molecular weight is 245 g/mol. The van der Waals surface area contributed by atoms with Crippen molar-refractivity contribution in [1.82, 2.24) is 15.1 Å². The zero-order valence-electron chi connectivity index (χ0n) is 10.6. The maximum atomic E-state index is 9.43. The van der Waals surface area contributed by atoms with Gasteiger partial charge in [-0.2, -0.15) is 5.10 Å². The Bertz CT molecular complexity index is 467. The van der Waals surface area contributed by atoms with Crippen molar-refractivity contribution < 1.29 is 5.11 Å². The van der Waals surface area contributed by atoms with E-state index in [9.17, 15) is 5.11 Å². The Morgan fingerprint density at radius 2 is 2.11 bits per heavy atom. The van der Waals surface area contributed by atoms with E-state index in [4.69, 9.17) is 0 Å². The second-order valence-electron chi connectivity index (χ2n) is 4.23. The molecule has 0 aliphatic heterocycles. The first-order valence-electron chi connectivity index (χ1n) is 6.24. The normalized spacial score (nSPS) is 12.6. The lowest BCUT2D eigenvalue weighted by Crippen LogP contribution is -2.23. The first-order chi connectivity index (χ1) is 8.83. The largest absolute Gasteiger partial charge is 0.394 e. The molecule has 0 aliphatic carbocycles. The average Bonchev–Trinajstić information content (AvgIpc) is 2.89. The van der Waals surface area contributed by atoms with Crippen LogP contribution in [0.15, 0.2) is 42.7 Å². The quantitative estimate of drug-likeness (QED) is 0.815. The molecule has 0 saturated heterocycles. The minimum Gasteiger partial charge on any atom is -0.394 e. The van der Waals surface area contributed by atoms with Crippen LogP contribution in [-0.4, -0.2) is 21.5 Å². The summed E-state index contributed by atoms with van der Waals surface area (Å²) in [6, 6.07) is 9.94. The molecule has 2 rings (SSSR count). The molecule has 18 heavy (non-hydrogen) atoms. The molecule has 0 saturated carbocycles. The number of aromatic nitrogens is 2. The summed E-state index contributed by atoms with van der Waals surface area (Å²) in [4.78, 5) is 0. The van der Waals surface area contributed by atoms with Gasteiger partial charge in [-0.3, -0.25) is 4.68 Å². The molecule has 4 nitrogen and oxygen atoms in total. The molecule has 0 bridgehead atoms. The fourth-order valence-corrected chi connectivity index (χ4v) is 1.88. The van der Waals surface area contributed by atoms with E-state index in [1.807, 2.05) is 47.4 Å². The van der Waals surface area contributed by atoms with E-state index in [1.165, 1.54) is 0 Å². The molecule has 0 amide bonds. The molecule has 1 aromatic carbocycles. The summed E-state index contributed by atoms with van der Waals surface area (Å²) >= 11 is 0. The summed E-state index contributed by atoms with van der Waals surface area (Å²) < 4.78 is 1.90. The third kappa shape index (κ3) is 3.18. The lowest BCUT2D eigenvalue weighted by molar-refractivity contribution is 0.243. The maximum Gasteiger partial charge on any atom is 0.0626 e. The number of aryl methyl sites for hydroxylation is 1. The van der Waals surface area contributed by atoms with E-state index < -0.39 is 0 Å². The van der Waals surface area contributed by atoms with Gasteiger partial charge in [0.2, 0.25) is 0 Å². The molecule has 0 fully saturated rings. The molecule has 1 unspecified atom stereocenters. The van der Waals surface area contributed by atoms with Crippen LogP contribution in [0.1, 0.15) is 24.1 Å². The molecule has 0 aliphatic rings. The molecule has 2 aromatic rings. The fraction of sp³-hybridized carbons (Fsp3) is 0.357. The number of hydrogen-bond acceptors (Lipinski definition) is 3. The number of nitrogens with one attached hydrogen (secondary N) is 1. The Morgan fingerprint density at radius 1 is 1.33 bits per heavy atom. The molecular formula is C14H19N3O. The van der Waals surface area contributed by atoms with E-state index in [2.05, 4.69) is 17.3 Å².